The van der Waals surface area contributed by atoms with Gasteiger partial charge < -0.3 is 29.9 Å². The average molecular weight is 481 g/mol. The molecule has 4 rings (SSSR count). The number of thiocarbonyl (C=S) groups is 1. The zero-order valence-corrected chi connectivity index (χ0v) is 18.4. The summed E-state index contributed by atoms with van der Waals surface area (Å²) in [5, 5.41) is 13.3. The van der Waals surface area contributed by atoms with E-state index >= 15 is 0 Å². The molecule has 2 aromatic rings. The number of methoxy groups -OCH3 is 1. The number of aromatic nitrogens is 3. The minimum absolute atomic E-state index is 0.113. The van der Waals surface area contributed by atoms with Gasteiger partial charge in [-0.1, -0.05) is 5.21 Å². The van der Waals surface area contributed by atoms with E-state index in [9.17, 15) is 18.4 Å². The number of alkyl carbamates (subject to hydrolysis) is 1. The van der Waals surface area contributed by atoms with Gasteiger partial charge in [-0.2, -0.15) is 0 Å². The summed E-state index contributed by atoms with van der Waals surface area (Å²) >= 11 is 4.88. The fraction of sp³-hybridized carbons (Fsp3) is 0.421. The number of nitrogens with one attached hydrogen (secondary N) is 2. The molecule has 14 heteroatoms. The third-order valence-electron chi connectivity index (χ3n) is 5.27. The number of rotatable bonds is 5. The lowest BCUT2D eigenvalue weighted by molar-refractivity contribution is -0.138. The van der Waals surface area contributed by atoms with E-state index in [1.54, 1.807) is 4.90 Å². The zero-order valence-electron chi connectivity index (χ0n) is 17.6. The largest absolute Gasteiger partial charge is 0.474 e. The molecular formula is C19H21F2N7O4S. The first-order valence-corrected chi connectivity index (χ1v) is 10.5. The van der Waals surface area contributed by atoms with Crippen molar-refractivity contribution in [2.45, 2.75) is 12.6 Å². The molecule has 1 aromatic carbocycles. The Kier molecular flexibility index (Phi) is 6.53. The van der Waals surface area contributed by atoms with Crippen LogP contribution >= 0.6 is 12.2 Å². The number of hydrogen-bond donors (Lipinski definition) is 2. The minimum Gasteiger partial charge on any atom is -0.474 e. The van der Waals surface area contributed by atoms with Crippen LogP contribution in [-0.4, -0.2) is 83.0 Å². The number of carbonyl (C=O) groups excluding carboxylic acids is 2. The van der Waals surface area contributed by atoms with Crippen LogP contribution in [-0.2, 0) is 20.8 Å². The molecule has 0 bridgehead atoms. The third-order valence-corrected chi connectivity index (χ3v) is 5.58. The van der Waals surface area contributed by atoms with E-state index < -0.39 is 23.8 Å². The number of piperazine rings is 1. The predicted molar refractivity (Wildman–Crippen MR) is 115 cm³/mol. The van der Waals surface area contributed by atoms with Gasteiger partial charge in [0.1, 0.15) is 11.4 Å². The number of carbonyl (C=O) groups is 2. The van der Waals surface area contributed by atoms with Crippen molar-refractivity contribution >= 4 is 35.1 Å². The molecule has 0 aliphatic carbocycles. The quantitative estimate of drug-likeness (QED) is 0.583. The van der Waals surface area contributed by atoms with E-state index in [1.807, 2.05) is 0 Å². The SMILES string of the molecule is COC(=S)NCc1cn(-c2cc(F)c(N3CCN(C(=O)[C@@H]4CNC(=O)O4)CC3)c(F)c2)nn1. The van der Waals surface area contributed by atoms with Crippen LogP contribution in [0.5, 0.6) is 0 Å². The van der Waals surface area contributed by atoms with Crippen molar-refractivity contribution in [1.29, 1.82) is 0 Å². The molecule has 1 atom stereocenters. The molecule has 0 radical (unpaired) electrons. The monoisotopic (exact) mass is 481 g/mol. The molecule has 1 aromatic heterocycles. The van der Waals surface area contributed by atoms with E-state index in [0.717, 1.165) is 0 Å². The van der Waals surface area contributed by atoms with Crippen molar-refractivity contribution in [3.8, 4) is 5.69 Å². The molecule has 2 fully saturated rings. The predicted octanol–water partition coefficient (Wildman–Crippen LogP) is 0.323. The maximum Gasteiger partial charge on any atom is 0.408 e. The van der Waals surface area contributed by atoms with Gasteiger partial charge in [0.15, 0.2) is 17.7 Å². The number of anilines is 1. The summed E-state index contributed by atoms with van der Waals surface area (Å²) in [7, 11) is 1.43. The number of amides is 2. The minimum atomic E-state index is -0.871. The van der Waals surface area contributed by atoms with Crippen LogP contribution in [0.3, 0.4) is 0 Å². The Morgan fingerprint density at radius 2 is 2.00 bits per heavy atom. The van der Waals surface area contributed by atoms with Gasteiger partial charge >= 0.3 is 6.09 Å². The zero-order chi connectivity index (χ0) is 23.5. The van der Waals surface area contributed by atoms with Crippen molar-refractivity contribution in [2.24, 2.45) is 0 Å². The van der Waals surface area contributed by atoms with Gasteiger partial charge in [0.05, 0.1) is 32.1 Å². The van der Waals surface area contributed by atoms with Gasteiger partial charge in [0.2, 0.25) is 0 Å². The number of hydrogen-bond acceptors (Lipinski definition) is 8. The van der Waals surface area contributed by atoms with Crippen molar-refractivity contribution in [1.82, 2.24) is 30.5 Å². The fourth-order valence-electron chi connectivity index (χ4n) is 3.61. The molecule has 3 heterocycles. The van der Waals surface area contributed by atoms with Gasteiger partial charge in [-0.25, -0.2) is 18.3 Å². The highest BCUT2D eigenvalue weighted by molar-refractivity contribution is 7.80. The first kappa shape index (κ1) is 22.6. The Morgan fingerprint density at radius 1 is 1.30 bits per heavy atom. The second kappa shape index (κ2) is 9.52. The summed E-state index contributed by atoms with van der Waals surface area (Å²) in [5.74, 6) is -1.84. The highest BCUT2D eigenvalue weighted by atomic mass is 32.1. The molecule has 0 spiro atoms. The molecule has 2 amide bonds. The summed E-state index contributed by atoms with van der Waals surface area (Å²) < 4.78 is 40.8. The molecule has 2 N–H and O–H groups in total. The van der Waals surface area contributed by atoms with Gasteiger partial charge in [-0.15, -0.1) is 5.10 Å². The summed E-state index contributed by atoms with van der Waals surface area (Å²) in [5.41, 5.74) is 0.502. The highest BCUT2D eigenvalue weighted by Gasteiger charge is 2.34. The summed E-state index contributed by atoms with van der Waals surface area (Å²) in [6.45, 7) is 1.31. The van der Waals surface area contributed by atoms with Crippen LogP contribution in [0, 0.1) is 11.6 Å². The maximum absolute atomic E-state index is 14.9. The van der Waals surface area contributed by atoms with Crippen molar-refractivity contribution < 1.29 is 27.8 Å². The van der Waals surface area contributed by atoms with Gasteiger partial charge in [-0.05, 0) is 12.2 Å². The lowest BCUT2D eigenvalue weighted by Crippen LogP contribution is -2.52. The molecular weight excluding hydrogens is 460 g/mol. The third kappa shape index (κ3) is 4.94. The van der Waals surface area contributed by atoms with Crippen LogP contribution < -0.4 is 15.5 Å². The molecule has 2 aliphatic heterocycles. The van der Waals surface area contributed by atoms with E-state index in [2.05, 4.69) is 20.9 Å². The summed E-state index contributed by atoms with van der Waals surface area (Å²) in [4.78, 5) is 26.6. The number of cyclic esters (lactones) is 1. The number of halogens is 2. The average Bonchev–Trinajstić information content (AvgIpc) is 3.46. The highest BCUT2D eigenvalue weighted by Crippen LogP contribution is 2.27. The molecule has 176 valence electrons. The molecule has 2 saturated heterocycles. The molecule has 11 nitrogen and oxygen atoms in total. The van der Waals surface area contributed by atoms with Crippen LogP contribution in [0.1, 0.15) is 5.69 Å². The Bertz CT molecular complexity index is 1050. The Labute approximate surface area is 192 Å². The van der Waals surface area contributed by atoms with Gasteiger partial charge in [0, 0.05) is 38.3 Å². The number of benzene rings is 1. The van der Waals surface area contributed by atoms with Crippen LogP contribution in [0.15, 0.2) is 18.3 Å². The first-order valence-electron chi connectivity index (χ1n) is 10.1. The van der Waals surface area contributed by atoms with Crippen LogP contribution in [0.4, 0.5) is 19.3 Å². The molecule has 33 heavy (non-hydrogen) atoms. The second-order valence-corrected chi connectivity index (χ2v) is 7.72. The van der Waals surface area contributed by atoms with Gasteiger partial charge in [0.25, 0.3) is 11.1 Å². The molecule has 0 unspecified atom stereocenters. The summed E-state index contributed by atoms with van der Waals surface area (Å²) in [6, 6.07) is 2.34. The Hall–Kier alpha value is -3.55. The normalized spacial score (nSPS) is 18.0. The van der Waals surface area contributed by atoms with E-state index in [4.69, 9.17) is 21.7 Å². The van der Waals surface area contributed by atoms with Crippen LogP contribution in [0.2, 0.25) is 0 Å². The van der Waals surface area contributed by atoms with E-state index in [0.29, 0.717) is 5.69 Å². The Morgan fingerprint density at radius 3 is 2.61 bits per heavy atom. The van der Waals surface area contributed by atoms with Crippen molar-refractivity contribution in [3.05, 3.63) is 35.7 Å². The standard InChI is InChI=1S/C19H21F2N7O4S/c1-31-19(33)23-8-11-10-28(25-24-11)12-6-13(20)16(14(21)7-12)26-2-4-27(5-3-26)17(29)15-9-22-18(30)32-15/h6-7,10,15H,2-5,8-9H2,1H3,(H,22,30)(H,23,33)/t15-/m0/s1. The van der Waals surface area contributed by atoms with Crippen molar-refractivity contribution in [3.63, 3.8) is 0 Å². The van der Waals surface area contributed by atoms with Crippen molar-refractivity contribution in [2.75, 3.05) is 44.7 Å². The summed E-state index contributed by atoms with van der Waals surface area (Å²) in [6.07, 6.45) is 0.0175. The van der Waals surface area contributed by atoms with E-state index in [-0.39, 0.29) is 61.7 Å². The molecule has 2 aliphatic rings. The smallest absolute Gasteiger partial charge is 0.408 e. The maximum atomic E-state index is 14.9. The Balaban J connectivity index is 1.41. The number of nitrogens with zero attached hydrogens (tertiary/aromatic N) is 5. The fourth-order valence-corrected chi connectivity index (χ4v) is 3.68. The lowest BCUT2D eigenvalue weighted by atomic mass is 10.2. The van der Waals surface area contributed by atoms with E-state index in [1.165, 1.54) is 35.0 Å². The second-order valence-electron chi connectivity index (χ2n) is 7.34. The topological polar surface area (TPSA) is 114 Å². The number of ether oxygens (including phenoxy) is 2. The first-order chi connectivity index (χ1) is 15.9. The van der Waals surface area contributed by atoms with Gasteiger partial charge in [-0.3, -0.25) is 4.79 Å². The van der Waals surface area contributed by atoms with Crippen LogP contribution in [0.25, 0.3) is 5.69 Å². The molecule has 0 saturated carbocycles. The lowest BCUT2D eigenvalue weighted by Gasteiger charge is -2.37.